The van der Waals surface area contributed by atoms with Gasteiger partial charge in [-0.1, -0.05) is 13.8 Å². The second kappa shape index (κ2) is 8.03. The van der Waals surface area contributed by atoms with Gasteiger partial charge < -0.3 is 5.32 Å². The number of rotatable bonds is 8. The molecule has 0 saturated heterocycles. The lowest BCUT2D eigenvalue weighted by Gasteiger charge is -2.16. The van der Waals surface area contributed by atoms with Crippen LogP contribution in [0.15, 0.2) is 17.2 Å². The highest BCUT2D eigenvalue weighted by molar-refractivity contribution is 4.99. The molecule has 18 heavy (non-hydrogen) atoms. The summed E-state index contributed by atoms with van der Waals surface area (Å²) in [4.78, 5) is 15.4. The summed E-state index contributed by atoms with van der Waals surface area (Å²) in [6, 6.07) is 0.568. The first-order valence-electron chi connectivity index (χ1n) is 6.93. The third kappa shape index (κ3) is 5.00. The van der Waals surface area contributed by atoms with Crippen molar-refractivity contribution in [3.8, 4) is 0 Å². The summed E-state index contributed by atoms with van der Waals surface area (Å²) < 4.78 is 1.71. The Bertz CT molecular complexity index is 400. The van der Waals surface area contributed by atoms with E-state index in [-0.39, 0.29) is 5.69 Å². The van der Waals surface area contributed by atoms with E-state index in [9.17, 15) is 4.79 Å². The van der Waals surface area contributed by atoms with Crippen LogP contribution in [0.5, 0.6) is 0 Å². The van der Waals surface area contributed by atoms with E-state index in [1.165, 1.54) is 0 Å². The molecule has 0 saturated carbocycles. The molecule has 0 radical (unpaired) electrons. The van der Waals surface area contributed by atoms with Crippen molar-refractivity contribution in [2.24, 2.45) is 0 Å². The smallest absolute Gasteiger partial charge is 0.314 e. The van der Waals surface area contributed by atoms with E-state index in [1.54, 1.807) is 10.8 Å². The predicted octanol–water partition coefficient (Wildman–Crippen LogP) is 2.11. The molecular formula is C14H25N3O. The summed E-state index contributed by atoms with van der Waals surface area (Å²) in [7, 11) is 0. The zero-order valence-electron chi connectivity index (χ0n) is 11.8. The van der Waals surface area contributed by atoms with Crippen molar-refractivity contribution in [2.75, 3.05) is 6.54 Å². The maximum Gasteiger partial charge on any atom is 0.347 e. The van der Waals surface area contributed by atoms with Crippen LogP contribution < -0.4 is 11.0 Å². The Balaban J connectivity index is 2.40. The van der Waals surface area contributed by atoms with Gasteiger partial charge in [0.1, 0.15) is 0 Å². The molecular weight excluding hydrogens is 226 g/mol. The van der Waals surface area contributed by atoms with Gasteiger partial charge in [-0.3, -0.25) is 4.57 Å². The lowest BCUT2D eigenvalue weighted by molar-refractivity contribution is 0.436. The van der Waals surface area contributed by atoms with E-state index >= 15 is 0 Å². The summed E-state index contributed by atoms with van der Waals surface area (Å²) >= 11 is 0. The van der Waals surface area contributed by atoms with Crippen molar-refractivity contribution in [3.05, 3.63) is 28.4 Å². The Labute approximate surface area is 109 Å². The van der Waals surface area contributed by atoms with E-state index in [0.29, 0.717) is 6.04 Å². The van der Waals surface area contributed by atoms with Gasteiger partial charge in [-0.25, -0.2) is 9.78 Å². The molecule has 0 aliphatic carbocycles. The molecule has 0 aliphatic rings. The normalized spacial score (nSPS) is 12.6. The Morgan fingerprint density at radius 2 is 2.22 bits per heavy atom. The van der Waals surface area contributed by atoms with Gasteiger partial charge in [-0.2, -0.15) is 0 Å². The predicted molar refractivity (Wildman–Crippen MR) is 74.8 cm³/mol. The molecule has 0 bridgehead atoms. The summed E-state index contributed by atoms with van der Waals surface area (Å²) in [5, 5.41) is 3.53. The van der Waals surface area contributed by atoms with Crippen LogP contribution in [0, 0.1) is 6.92 Å². The van der Waals surface area contributed by atoms with Crippen LogP contribution in [-0.4, -0.2) is 22.1 Å². The van der Waals surface area contributed by atoms with E-state index in [0.717, 1.165) is 44.3 Å². The highest BCUT2D eigenvalue weighted by Gasteiger charge is 2.05. The number of hydrogen-bond acceptors (Lipinski definition) is 3. The first-order chi connectivity index (χ1) is 8.67. The summed E-state index contributed by atoms with van der Waals surface area (Å²) in [5.74, 6) is 0. The fourth-order valence-electron chi connectivity index (χ4n) is 2.03. The highest BCUT2D eigenvalue weighted by Crippen LogP contribution is 2.03. The Morgan fingerprint density at radius 3 is 2.89 bits per heavy atom. The Kier molecular flexibility index (Phi) is 6.65. The highest BCUT2D eigenvalue weighted by atomic mass is 16.1. The van der Waals surface area contributed by atoms with Gasteiger partial charge in [0.2, 0.25) is 0 Å². The van der Waals surface area contributed by atoms with Crippen LogP contribution in [-0.2, 0) is 6.54 Å². The third-order valence-corrected chi connectivity index (χ3v) is 3.11. The van der Waals surface area contributed by atoms with Crippen molar-refractivity contribution in [3.63, 3.8) is 0 Å². The summed E-state index contributed by atoms with van der Waals surface area (Å²) in [5.41, 5.74) is 0.890. The molecule has 1 aromatic rings. The molecule has 1 N–H and O–H groups in total. The van der Waals surface area contributed by atoms with Crippen molar-refractivity contribution in [1.29, 1.82) is 0 Å². The summed E-state index contributed by atoms with van der Waals surface area (Å²) in [6.45, 7) is 8.17. The second-order valence-corrected chi connectivity index (χ2v) is 4.81. The molecule has 1 heterocycles. The van der Waals surface area contributed by atoms with Gasteiger partial charge >= 0.3 is 5.69 Å². The monoisotopic (exact) mass is 251 g/mol. The van der Waals surface area contributed by atoms with E-state index in [1.807, 2.05) is 13.1 Å². The van der Waals surface area contributed by atoms with Gasteiger partial charge in [0.15, 0.2) is 0 Å². The van der Waals surface area contributed by atoms with E-state index in [4.69, 9.17) is 0 Å². The second-order valence-electron chi connectivity index (χ2n) is 4.81. The van der Waals surface area contributed by atoms with Crippen LogP contribution >= 0.6 is 0 Å². The molecule has 0 amide bonds. The van der Waals surface area contributed by atoms with Crippen LogP contribution in [0.25, 0.3) is 0 Å². The molecule has 4 heteroatoms. The van der Waals surface area contributed by atoms with Crippen LogP contribution in [0.1, 0.15) is 45.1 Å². The molecule has 0 spiro atoms. The average molecular weight is 251 g/mol. The van der Waals surface area contributed by atoms with Gasteiger partial charge in [0.25, 0.3) is 0 Å². The van der Waals surface area contributed by atoms with Gasteiger partial charge in [-0.15, -0.1) is 0 Å². The number of aryl methyl sites for hydroxylation is 2. The SMILES string of the molecule is CCCNC(CC)CCCn1cc(C)cnc1=O. The zero-order chi connectivity index (χ0) is 13.4. The Morgan fingerprint density at radius 1 is 1.44 bits per heavy atom. The molecule has 1 unspecified atom stereocenters. The van der Waals surface area contributed by atoms with Crippen LogP contribution in [0.3, 0.4) is 0 Å². The molecule has 0 aliphatic heterocycles. The minimum absolute atomic E-state index is 0.143. The first-order valence-corrected chi connectivity index (χ1v) is 6.93. The quantitative estimate of drug-likeness (QED) is 0.769. The molecule has 0 aromatic carbocycles. The molecule has 1 aromatic heterocycles. The molecule has 0 fully saturated rings. The lowest BCUT2D eigenvalue weighted by atomic mass is 10.1. The molecule has 1 atom stereocenters. The fourth-order valence-corrected chi connectivity index (χ4v) is 2.03. The minimum Gasteiger partial charge on any atom is -0.314 e. The van der Waals surface area contributed by atoms with Gasteiger partial charge in [0, 0.05) is 25.0 Å². The number of nitrogens with one attached hydrogen (secondary N) is 1. The molecule has 1 rings (SSSR count). The number of hydrogen-bond donors (Lipinski definition) is 1. The standard InChI is InChI=1S/C14H25N3O/c1-4-8-15-13(5-2)7-6-9-17-11-12(3)10-16-14(17)18/h10-11,13,15H,4-9H2,1-3H3. The average Bonchev–Trinajstić information content (AvgIpc) is 2.37. The van der Waals surface area contributed by atoms with Crippen LogP contribution in [0.4, 0.5) is 0 Å². The zero-order valence-corrected chi connectivity index (χ0v) is 11.8. The van der Waals surface area contributed by atoms with Crippen molar-refractivity contribution in [2.45, 2.75) is 59.0 Å². The third-order valence-electron chi connectivity index (χ3n) is 3.11. The largest absolute Gasteiger partial charge is 0.347 e. The molecule has 102 valence electrons. The summed E-state index contributed by atoms with van der Waals surface area (Å²) in [6.07, 6.45) is 7.93. The van der Waals surface area contributed by atoms with Gasteiger partial charge in [-0.05, 0) is 44.7 Å². The molecule has 4 nitrogen and oxygen atoms in total. The maximum atomic E-state index is 11.5. The van der Waals surface area contributed by atoms with E-state index in [2.05, 4.69) is 24.1 Å². The number of aromatic nitrogens is 2. The Hall–Kier alpha value is -1.16. The van der Waals surface area contributed by atoms with Crippen LogP contribution in [0.2, 0.25) is 0 Å². The lowest BCUT2D eigenvalue weighted by Crippen LogP contribution is -2.30. The number of nitrogens with zero attached hydrogens (tertiary/aromatic N) is 2. The van der Waals surface area contributed by atoms with Crippen molar-refractivity contribution < 1.29 is 0 Å². The van der Waals surface area contributed by atoms with Crippen molar-refractivity contribution in [1.82, 2.24) is 14.9 Å². The maximum absolute atomic E-state index is 11.5. The van der Waals surface area contributed by atoms with Gasteiger partial charge in [0.05, 0.1) is 0 Å². The van der Waals surface area contributed by atoms with E-state index < -0.39 is 0 Å². The first kappa shape index (κ1) is 14.9. The fraction of sp³-hybridized carbons (Fsp3) is 0.714. The van der Waals surface area contributed by atoms with Crippen molar-refractivity contribution >= 4 is 0 Å². The minimum atomic E-state index is -0.143. The topological polar surface area (TPSA) is 46.9 Å².